The monoisotopic (exact) mass is 254 g/mol. The summed E-state index contributed by atoms with van der Waals surface area (Å²) in [7, 11) is 0. The Morgan fingerprint density at radius 1 is 1.44 bits per heavy atom. The first kappa shape index (κ1) is 13.4. The molecule has 2 N–H and O–H groups in total. The van der Waals surface area contributed by atoms with Crippen molar-refractivity contribution in [2.75, 3.05) is 13.2 Å². The molecular formula is C13H22N2O3. The second kappa shape index (κ2) is 7.38. The second-order valence-electron chi connectivity index (χ2n) is 4.78. The number of urea groups is 1. The second-order valence-corrected chi connectivity index (χ2v) is 4.78. The summed E-state index contributed by atoms with van der Waals surface area (Å²) in [6, 6.07) is -0.289. The van der Waals surface area contributed by atoms with E-state index in [1.807, 2.05) is 0 Å². The molecule has 5 heteroatoms. The highest BCUT2D eigenvalue weighted by Crippen LogP contribution is 2.19. The van der Waals surface area contributed by atoms with E-state index in [2.05, 4.69) is 16.9 Å². The van der Waals surface area contributed by atoms with Crippen LogP contribution in [0.15, 0.2) is 11.6 Å². The van der Waals surface area contributed by atoms with Gasteiger partial charge in [0.15, 0.2) is 6.29 Å². The van der Waals surface area contributed by atoms with Crippen LogP contribution >= 0.6 is 0 Å². The molecule has 0 bridgehead atoms. The molecule has 0 aromatic heterocycles. The molecule has 102 valence electrons. The summed E-state index contributed by atoms with van der Waals surface area (Å²) in [6.07, 6.45) is 9.53. The van der Waals surface area contributed by atoms with Gasteiger partial charge in [0.1, 0.15) is 0 Å². The maximum absolute atomic E-state index is 11.4. The molecule has 2 amide bonds. The largest absolute Gasteiger partial charge is 0.350 e. The summed E-state index contributed by atoms with van der Waals surface area (Å²) in [6.45, 7) is 1.37. The molecule has 1 atom stereocenters. The third kappa shape index (κ3) is 4.66. The lowest BCUT2D eigenvalue weighted by Crippen LogP contribution is -2.40. The van der Waals surface area contributed by atoms with E-state index in [1.54, 1.807) is 0 Å². The van der Waals surface area contributed by atoms with Crippen LogP contribution in [0.5, 0.6) is 0 Å². The Morgan fingerprint density at radius 3 is 3.11 bits per heavy atom. The molecule has 18 heavy (non-hydrogen) atoms. The number of ether oxygens (including phenoxy) is 1. The summed E-state index contributed by atoms with van der Waals surface area (Å²) in [4.78, 5) is 16.6. The van der Waals surface area contributed by atoms with Gasteiger partial charge in [-0.15, -0.1) is 0 Å². The molecular weight excluding hydrogens is 232 g/mol. The average molecular weight is 254 g/mol. The third-order valence-corrected chi connectivity index (χ3v) is 3.29. The van der Waals surface area contributed by atoms with E-state index in [9.17, 15) is 4.79 Å². The van der Waals surface area contributed by atoms with Crippen LogP contribution in [0, 0.1) is 0 Å². The van der Waals surface area contributed by atoms with Crippen molar-refractivity contribution in [2.45, 2.75) is 51.2 Å². The van der Waals surface area contributed by atoms with Crippen LogP contribution < -0.4 is 10.8 Å². The van der Waals surface area contributed by atoms with Gasteiger partial charge in [-0.2, -0.15) is 0 Å². The van der Waals surface area contributed by atoms with Crippen molar-refractivity contribution in [1.82, 2.24) is 10.8 Å². The molecule has 0 unspecified atom stereocenters. The number of allylic oxidation sites excluding steroid dienone is 1. The SMILES string of the molecule is O=C(NCCC1=CCCC1)NO[C@H]1CCCCO1. The summed E-state index contributed by atoms with van der Waals surface area (Å²) < 4.78 is 5.34. The lowest BCUT2D eigenvalue weighted by atomic mass is 10.2. The molecule has 1 fully saturated rings. The van der Waals surface area contributed by atoms with Crippen molar-refractivity contribution in [1.29, 1.82) is 0 Å². The molecule has 0 aromatic rings. The first-order chi connectivity index (χ1) is 8.84. The Balaban J connectivity index is 1.51. The summed E-state index contributed by atoms with van der Waals surface area (Å²) in [5.41, 5.74) is 3.83. The number of rotatable bonds is 5. The predicted molar refractivity (Wildman–Crippen MR) is 67.8 cm³/mol. The van der Waals surface area contributed by atoms with Crippen LogP contribution in [-0.2, 0) is 9.57 Å². The van der Waals surface area contributed by atoms with E-state index in [-0.39, 0.29) is 12.3 Å². The number of hydrogen-bond donors (Lipinski definition) is 2. The van der Waals surface area contributed by atoms with Crippen molar-refractivity contribution in [3.8, 4) is 0 Å². The molecule has 5 nitrogen and oxygen atoms in total. The minimum Gasteiger partial charge on any atom is -0.350 e. The third-order valence-electron chi connectivity index (χ3n) is 3.29. The Labute approximate surface area is 108 Å². The number of nitrogens with one attached hydrogen (secondary N) is 2. The van der Waals surface area contributed by atoms with Crippen LogP contribution in [0.25, 0.3) is 0 Å². The van der Waals surface area contributed by atoms with E-state index < -0.39 is 0 Å². The van der Waals surface area contributed by atoms with Crippen LogP contribution in [0.4, 0.5) is 4.79 Å². The smallest absolute Gasteiger partial charge is 0.338 e. The number of carbonyl (C=O) groups excluding carboxylic acids is 1. The topological polar surface area (TPSA) is 59.6 Å². The van der Waals surface area contributed by atoms with Gasteiger partial charge in [0.05, 0.1) is 0 Å². The standard InChI is InChI=1S/C13H22N2O3/c16-13(14-9-8-11-5-1-2-6-11)15-18-12-7-3-4-10-17-12/h5,12H,1-4,6-10H2,(H2,14,15,16)/t12-/m0/s1. The van der Waals surface area contributed by atoms with E-state index >= 15 is 0 Å². The molecule has 0 spiro atoms. The fraction of sp³-hybridized carbons (Fsp3) is 0.769. The molecule has 2 aliphatic rings. The maximum atomic E-state index is 11.4. The van der Waals surface area contributed by atoms with Gasteiger partial charge in [0.25, 0.3) is 0 Å². The summed E-state index contributed by atoms with van der Waals surface area (Å²) in [5.74, 6) is 0. The van der Waals surface area contributed by atoms with Gasteiger partial charge in [-0.3, -0.25) is 0 Å². The number of carbonyl (C=O) groups is 1. The fourth-order valence-electron chi connectivity index (χ4n) is 2.26. The molecule has 2 rings (SSSR count). The Hall–Kier alpha value is -1.07. The van der Waals surface area contributed by atoms with E-state index in [1.165, 1.54) is 24.8 Å². The zero-order valence-electron chi connectivity index (χ0n) is 10.7. The van der Waals surface area contributed by atoms with E-state index in [0.29, 0.717) is 13.2 Å². The van der Waals surface area contributed by atoms with Crippen molar-refractivity contribution >= 4 is 6.03 Å². The van der Waals surface area contributed by atoms with Crippen molar-refractivity contribution in [3.05, 3.63) is 11.6 Å². The van der Waals surface area contributed by atoms with Crippen LogP contribution in [0.2, 0.25) is 0 Å². The van der Waals surface area contributed by atoms with Gasteiger partial charge in [-0.1, -0.05) is 11.6 Å². The van der Waals surface area contributed by atoms with E-state index in [0.717, 1.165) is 25.7 Å². The van der Waals surface area contributed by atoms with Crippen LogP contribution in [0.1, 0.15) is 44.9 Å². The van der Waals surface area contributed by atoms with Gasteiger partial charge in [0, 0.05) is 19.6 Å². The molecule has 1 aliphatic carbocycles. The zero-order chi connectivity index (χ0) is 12.6. The highest BCUT2D eigenvalue weighted by atomic mass is 16.8. The first-order valence-corrected chi connectivity index (χ1v) is 6.83. The van der Waals surface area contributed by atoms with Crippen molar-refractivity contribution < 1.29 is 14.4 Å². The molecule has 0 saturated carbocycles. The minimum atomic E-state index is -0.290. The minimum absolute atomic E-state index is 0.289. The van der Waals surface area contributed by atoms with Gasteiger partial charge in [-0.05, 0) is 38.5 Å². The lowest BCUT2D eigenvalue weighted by Gasteiger charge is -2.22. The van der Waals surface area contributed by atoms with Crippen LogP contribution in [-0.4, -0.2) is 25.5 Å². The number of hydrogen-bond acceptors (Lipinski definition) is 3. The van der Waals surface area contributed by atoms with Crippen LogP contribution in [0.3, 0.4) is 0 Å². The quantitative estimate of drug-likeness (QED) is 0.584. The predicted octanol–water partition coefficient (Wildman–Crippen LogP) is 2.24. The molecule has 1 aliphatic heterocycles. The van der Waals surface area contributed by atoms with Gasteiger partial charge in [0.2, 0.25) is 0 Å². The molecule has 0 aromatic carbocycles. The maximum Gasteiger partial charge on any atom is 0.338 e. The molecule has 0 radical (unpaired) electrons. The van der Waals surface area contributed by atoms with E-state index in [4.69, 9.17) is 9.57 Å². The van der Waals surface area contributed by atoms with Crippen molar-refractivity contribution in [2.24, 2.45) is 0 Å². The Bertz CT molecular complexity index is 299. The fourth-order valence-corrected chi connectivity index (χ4v) is 2.26. The normalized spacial score (nSPS) is 23.6. The van der Waals surface area contributed by atoms with Gasteiger partial charge in [-0.25, -0.2) is 15.1 Å². The highest BCUT2D eigenvalue weighted by molar-refractivity contribution is 5.72. The Morgan fingerprint density at radius 2 is 2.39 bits per heavy atom. The lowest BCUT2D eigenvalue weighted by molar-refractivity contribution is -0.186. The number of hydroxylamine groups is 1. The summed E-state index contributed by atoms with van der Waals surface area (Å²) >= 11 is 0. The average Bonchev–Trinajstić information content (AvgIpc) is 2.91. The first-order valence-electron chi connectivity index (χ1n) is 6.83. The zero-order valence-corrected chi connectivity index (χ0v) is 10.7. The number of amides is 2. The van der Waals surface area contributed by atoms with Gasteiger partial charge < -0.3 is 10.1 Å². The van der Waals surface area contributed by atoms with Gasteiger partial charge >= 0.3 is 6.03 Å². The van der Waals surface area contributed by atoms with Crippen molar-refractivity contribution in [3.63, 3.8) is 0 Å². The summed E-state index contributed by atoms with van der Waals surface area (Å²) in [5, 5.41) is 2.78. The Kier molecular flexibility index (Phi) is 5.48. The molecule has 1 saturated heterocycles. The highest BCUT2D eigenvalue weighted by Gasteiger charge is 2.15. The molecule has 1 heterocycles.